The van der Waals surface area contributed by atoms with E-state index in [0.717, 1.165) is 22.6 Å². The SMILES string of the molecule is COc1ccc(CNCc2cccc(OC)c2O)c(OC)c1. The first-order valence-corrected chi connectivity index (χ1v) is 6.96. The maximum atomic E-state index is 10.0. The van der Waals surface area contributed by atoms with Crippen LogP contribution in [0.15, 0.2) is 36.4 Å². The Kier molecular flexibility index (Phi) is 5.49. The van der Waals surface area contributed by atoms with E-state index >= 15 is 0 Å². The predicted molar refractivity (Wildman–Crippen MR) is 84.7 cm³/mol. The molecule has 2 aromatic rings. The van der Waals surface area contributed by atoms with Gasteiger partial charge < -0.3 is 24.6 Å². The molecule has 0 amide bonds. The average molecular weight is 303 g/mol. The lowest BCUT2D eigenvalue weighted by molar-refractivity contribution is 0.369. The maximum Gasteiger partial charge on any atom is 0.162 e. The molecule has 0 aliphatic rings. The number of nitrogens with one attached hydrogen (secondary N) is 1. The molecule has 5 nitrogen and oxygen atoms in total. The van der Waals surface area contributed by atoms with Crippen molar-refractivity contribution in [3.05, 3.63) is 47.5 Å². The van der Waals surface area contributed by atoms with Crippen LogP contribution in [0.25, 0.3) is 0 Å². The second-order valence-corrected chi connectivity index (χ2v) is 4.75. The molecule has 0 bridgehead atoms. The molecule has 0 saturated heterocycles. The summed E-state index contributed by atoms with van der Waals surface area (Å²) in [4.78, 5) is 0. The van der Waals surface area contributed by atoms with Gasteiger partial charge >= 0.3 is 0 Å². The van der Waals surface area contributed by atoms with Gasteiger partial charge in [-0.15, -0.1) is 0 Å². The normalized spacial score (nSPS) is 10.3. The molecular weight excluding hydrogens is 282 g/mol. The minimum Gasteiger partial charge on any atom is -0.504 e. The van der Waals surface area contributed by atoms with Gasteiger partial charge in [0.05, 0.1) is 21.3 Å². The van der Waals surface area contributed by atoms with Crippen molar-refractivity contribution in [1.82, 2.24) is 5.32 Å². The van der Waals surface area contributed by atoms with Crippen LogP contribution in [0.2, 0.25) is 0 Å². The van der Waals surface area contributed by atoms with Crippen molar-refractivity contribution >= 4 is 0 Å². The van der Waals surface area contributed by atoms with Crippen molar-refractivity contribution in [3.8, 4) is 23.0 Å². The van der Waals surface area contributed by atoms with E-state index in [-0.39, 0.29) is 5.75 Å². The Balaban J connectivity index is 2.02. The van der Waals surface area contributed by atoms with Crippen molar-refractivity contribution < 1.29 is 19.3 Å². The lowest BCUT2D eigenvalue weighted by Crippen LogP contribution is -2.13. The lowest BCUT2D eigenvalue weighted by atomic mass is 10.1. The molecule has 2 N–H and O–H groups in total. The number of aromatic hydroxyl groups is 1. The van der Waals surface area contributed by atoms with E-state index in [4.69, 9.17) is 14.2 Å². The molecule has 5 heteroatoms. The number of phenols is 1. The standard InChI is InChI=1S/C17H21NO4/c1-20-14-8-7-12(16(9-14)22-3)10-18-11-13-5-4-6-15(21-2)17(13)19/h4-9,18-19H,10-11H2,1-3H3. The zero-order valence-corrected chi connectivity index (χ0v) is 13.1. The summed E-state index contributed by atoms with van der Waals surface area (Å²) in [6, 6.07) is 11.1. The molecule has 22 heavy (non-hydrogen) atoms. The van der Waals surface area contributed by atoms with Crippen molar-refractivity contribution in [2.24, 2.45) is 0 Å². The Labute approximate surface area is 130 Å². The first-order chi connectivity index (χ1) is 10.7. The van der Waals surface area contributed by atoms with Crippen LogP contribution in [0, 0.1) is 0 Å². The molecule has 0 atom stereocenters. The fourth-order valence-corrected chi connectivity index (χ4v) is 2.20. The Hall–Kier alpha value is -2.40. The van der Waals surface area contributed by atoms with E-state index < -0.39 is 0 Å². The Morgan fingerprint density at radius 2 is 1.59 bits per heavy atom. The van der Waals surface area contributed by atoms with Gasteiger partial charge in [0.2, 0.25) is 0 Å². The molecule has 0 spiro atoms. The fraction of sp³-hybridized carbons (Fsp3) is 0.294. The summed E-state index contributed by atoms with van der Waals surface area (Å²) < 4.78 is 15.6. The molecule has 0 heterocycles. The number of methoxy groups -OCH3 is 3. The van der Waals surface area contributed by atoms with Crippen LogP contribution in [0.5, 0.6) is 23.0 Å². The maximum absolute atomic E-state index is 10.0. The summed E-state index contributed by atoms with van der Waals surface area (Å²) in [7, 11) is 4.79. The van der Waals surface area contributed by atoms with Gasteiger partial charge in [-0.25, -0.2) is 0 Å². The highest BCUT2D eigenvalue weighted by atomic mass is 16.5. The van der Waals surface area contributed by atoms with Gasteiger partial charge in [0.15, 0.2) is 11.5 Å². The van der Waals surface area contributed by atoms with Gasteiger partial charge in [-0.2, -0.15) is 0 Å². The Morgan fingerprint density at radius 3 is 2.27 bits per heavy atom. The summed E-state index contributed by atoms with van der Waals surface area (Å²) in [6.07, 6.45) is 0. The number of hydrogen-bond donors (Lipinski definition) is 2. The number of rotatable bonds is 7. The van der Waals surface area contributed by atoms with E-state index in [0.29, 0.717) is 18.8 Å². The Bertz CT molecular complexity index is 628. The first-order valence-electron chi connectivity index (χ1n) is 6.96. The van der Waals surface area contributed by atoms with Crippen LogP contribution in [-0.4, -0.2) is 26.4 Å². The number of benzene rings is 2. The van der Waals surface area contributed by atoms with E-state index in [9.17, 15) is 5.11 Å². The minimum atomic E-state index is 0.166. The monoisotopic (exact) mass is 303 g/mol. The van der Waals surface area contributed by atoms with Crippen LogP contribution in [0.3, 0.4) is 0 Å². The molecule has 2 rings (SSSR count). The highest BCUT2D eigenvalue weighted by Gasteiger charge is 2.08. The van der Waals surface area contributed by atoms with Crippen LogP contribution >= 0.6 is 0 Å². The molecule has 0 saturated carbocycles. The molecule has 0 fully saturated rings. The number of phenolic OH excluding ortho intramolecular Hbond substituents is 1. The van der Waals surface area contributed by atoms with E-state index in [2.05, 4.69) is 5.32 Å². The first kappa shape index (κ1) is 16.0. The minimum absolute atomic E-state index is 0.166. The van der Waals surface area contributed by atoms with Gasteiger partial charge in [-0.1, -0.05) is 18.2 Å². The molecule has 0 aliphatic carbocycles. The van der Waals surface area contributed by atoms with Crippen molar-refractivity contribution in [2.45, 2.75) is 13.1 Å². The average Bonchev–Trinajstić information content (AvgIpc) is 2.56. The molecule has 118 valence electrons. The van der Waals surface area contributed by atoms with Crippen LogP contribution in [0.4, 0.5) is 0 Å². The van der Waals surface area contributed by atoms with E-state index in [1.54, 1.807) is 20.3 Å². The van der Waals surface area contributed by atoms with E-state index in [1.165, 1.54) is 7.11 Å². The molecule has 2 aromatic carbocycles. The highest BCUT2D eigenvalue weighted by Crippen LogP contribution is 2.29. The lowest BCUT2D eigenvalue weighted by Gasteiger charge is -2.12. The number of para-hydroxylation sites is 1. The topological polar surface area (TPSA) is 60.0 Å². The Morgan fingerprint density at radius 1 is 0.864 bits per heavy atom. The largest absolute Gasteiger partial charge is 0.504 e. The quantitative estimate of drug-likeness (QED) is 0.823. The van der Waals surface area contributed by atoms with Crippen LogP contribution in [-0.2, 0) is 13.1 Å². The highest BCUT2D eigenvalue weighted by molar-refractivity contribution is 5.45. The molecule has 0 radical (unpaired) electrons. The van der Waals surface area contributed by atoms with Crippen LogP contribution < -0.4 is 19.5 Å². The van der Waals surface area contributed by atoms with E-state index in [1.807, 2.05) is 30.3 Å². The van der Waals surface area contributed by atoms with Gasteiger partial charge in [0.25, 0.3) is 0 Å². The molecule has 0 aliphatic heterocycles. The molecule has 0 aromatic heterocycles. The third-order valence-corrected chi connectivity index (χ3v) is 3.43. The van der Waals surface area contributed by atoms with Gasteiger partial charge in [-0.3, -0.25) is 0 Å². The molecular formula is C17H21NO4. The van der Waals surface area contributed by atoms with Crippen molar-refractivity contribution in [3.63, 3.8) is 0 Å². The third kappa shape index (κ3) is 3.62. The smallest absolute Gasteiger partial charge is 0.162 e. The zero-order chi connectivity index (χ0) is 15.9. The summed E-state index contributed by atoms with van der Waals surface area (Å²) >= 11 is 0. The second kappa shape index (κ2) is 7.56. The fourth-order valence-electron chi connectivity index (χ4n) is 2.20. The summed E-state index contributed by atoms with van der Waals surface area (Å²) in [5.41, 5.74) is 1.80. The van der Waals surface area contributed by atoms with Gasteiger partial charge in [0, 0.05) is 30.3 Å². The summed E-state index contributed by atoms with van der Waals surface area (Å²) in [5, 5.41) is 13.3. The summed E-state index contributed by atoms with van der Waals surface area (Å²) in [6.45, 7) is 1.14. The summed E-state index contributed by atoms with van der Waals surface area (Å²) in [5.74, 6) is 2.16. The van der Waals surface area contributed by atoms with Gasteiger partial charge in [-0.05, 0) is 12.1 Å². The van der Waals surface area contributed by atoms with Gasteiger partial charge in [0.1, 0.15) is 11.5 Å². The predicted octanol–water partition coefficient (Wildman–Crippen LogP) is 2.71. The second-order valence-electron chi connectivity index (χ2n) is 4.75. The third-order valence-electron chi connectivity index (χ3n) is 3.43. The zero-order valence-electron chi connectivity index (χ0n) is 13.1. The van der Waals surface area contributed by atoms with Crippen molar-refractivity contribution in [1.29, 1.82) is 0 Å². The van der Waals surface area contributed by atoms with Crippen molar-refractivity contribution in [2.75, 3.05) is 21.3 Å². The molecule has 0 unspecified atom stereocenters. The van der Waals surface area contributed by atoms with Crippen LogP contribution in [0.1, 0.15) is 11.1 Å². The number of ether oxygens (including phenoxy) is 3. The number of hydrogen-bond acceptors (Lipinski definition) is 5.